The molecular formula is C11H14F3NO2Se. The summed E-state index contributed by atoms with van der Waals surface area (Å²) in [6.45, 7) is 0.392. The minimum absolute atomic E-state index is 0.120. The van der Waals surface area contributed by atoms with Crippen LogP contribution in [0.4, 0.5) is 13.2 Å². The number of benzene rings is 1. The van der Waals surface area contributed by atoms with Crippen LogP contribution in [0.1, 0.15) is 5.56 Å². The number of halogens is 3. The van der Waals surface area contributed by atoms with E-state index in [9.17, 15) is 13.2 Å². The number of ether oxygens (including phenoxy) is 2. The third kappa shape index (κ3) is 4.08. The van der Waals surface area contributed by atoms with Gasteiger partial charge in [0.25, 0.3) is 0 Å². The Hall–Kier alpha value is -0.911. The standard InChI is InChI=1S/C11H14F3NO2Se/c1-16-8-6-10(18-11(12,13)14)9(17-2)5-7(8)3-4-15/h5-6H,3-4,15H2,1-2H3. The molecule has 0 aliphatic heterocycles. The minimum atomic E-state index is -4.22. The summed E-state index contributed by atoms with van der Waals surface area (Å²) >= 11 is -1.66. The molecule has 2 N–H and O–H groups in total. The van der Waals surface area contributed by atoms with Gasteiger partial charge in [-0.1, -0.05) is 0 Å². The van der Waals surface area contributed by atoms with Gasteiger partial charge in [0.15, 0.2) is 0 Å². The Labute approximate surface area is 110 Å². The normalized spacial score (nSPS) is 11.4. The molecule has 0 heterocycles. The van der Waals surface area contributed by atoms with Gasteiger partial charge in [-0.2, -0.15) is 0 Å². The Morgan fingerprint density at radius 2 is 1.78 bits per heavy atom. The van der Waals surface area contributed by atoms with Crippen molar-refractivity contribution in [2.24, 2.45) is 5.73 Å². The molecule has 18 heavy (non-hydrogen) atoms. The van der Waals surface area contributed by atoms with Crippen LogP contribution in [0.25, 0.3) is 0 Å². The van der Waals surface area contributed by atoms with Gasteiger partial charge >= 0.3 is 109 Å². The summed E-state index contributed by atoms with van der Waals surface area (Å²) in [7, 11) is 2.77. The van der Waals surface area contributed by atoms with E-state index >= 15 is 0 Å². The van der Waals surface area contributed by atoms with Crippen LogP contribution in [-0.4, -0.2) is 40.8 Å². The van der Waals surface area contributed by atoms with E-state index < -0.39 is 20.0 Å². The van der Waals surface area contributed by atoms with E-state index in [1.165, 1.54) is 20.3 Å². The monoisotopic (exact) mass is 329 g/mol. The number of rotatable bonds is 5. The van der Waals surface area contributed by atoms with Gasteiger partial charge in [-0.15, -0.1) is 0 Å². The van der Waals surface area contributed by atoms with Crippen LogP contribution < -0.4 is 19.7 Å². The molecule has 0 saturated heterocycles. The van der Waals surface area contributed by atoms with Gasteiger partial charge in [-0.3, -0.25) is 0 Å². The zero-order chi connectivity index (χ0) is 13.8. The molecule has 0 radical (unpaired) electrons. The van der Waals surface area contributed by atoms with Crippen LogP contribution in [0.3, 0.4) is 0 Å². The van der Waals surface area contributed by atoms with Crippen LogP contribution in [0.15, 0.2) is 12.1 Å². The Morgan fingerprint density at radius 1 is 1.17 bits per heavy atom. The molecule has 0 atom stereocenters. The summed E-state index contributed by atoms with van der Waals surface area (Å²) < 4.78 is 47.6. The zero-order valence-electron chi connectivity index (χ0n) is 10.0. The number of nitrogens with two attached hydrogens (primary N) is 1. The van der Waals surface area contributed by atoms with Gasteiger partial charge < -0.3 is 0 Å². The van der Waals surface area contributed by atoms with Crippen LogP contribution in [0.5, 0.6) is 11.5 Å². The van der Waals surface area contributed by atoms with E-state index in [0.29, 0.717) is 18.7 Å². The molecule has 1 aromatic carbocycles. The van der Waals surface area contributed by atoms with Crippen molar-refractivity contribution in [1.82, 2.24) is 0 Å². The second kappa shape index (κ2) is 6.31. The van der Waals surface area contributed by atoms with Gasteiger partial charge in [-0.25, -0.2) is 0 Å². The van der Waals surface area contributed by atoms with Gasteiger partial charge in [0.05, 0.1) is 0 Å². The first kappa shape index (κ1) is 15.1. The predicted octanol–water partition coefficient (Wildman–Crippen LogP) is 1.05. The first-order chi connectivity index (χ1) is 8.41. The average Bonchev–Trinajstić information content (AvgIpc) is 2.28. The van der Waals surface area contributed by atoms with Crippen molar-refractivity contribution >= 4 is 19.4 Å². The molecule has 0 fully saturated rings. The van der Waals surface area contributed by atoms with Crippen molar-refractivity contribution in [2.75, 3.05) is 20.8 Å². The maximum absolute atomic E-state index is 12.5. The Balaban J connectivity index is 3.17. The molecule has 0 unspecified atom stereocenters. The van der Waals surface area contributed by atoms with Crippen molar-refractivity contribution in [1.29, 1.82) is 0 Å². The zero-order valence-corrected chi connectivity index (χ0v) is 11.7. The number of hydrogen-bond donors (Lipinski definition) is 1. The molecule has 0 aliphatic rings. The van der Waals surface area contributed by atoms with Crippen molar-refractivity contribution in [2.45, 2.75) is 11.5 Å². The topological polar surface area (TPSA) is 44.5 Å². The van der Waals surface area contributed by atoms with Crippen molar-refractivity contribution in [3.8, 4) is 11.5 Å². The van der Waals surface area contributed by atoms with E-state index in [1.54, 1.807) is 6.07 Å². The number of hydrogen-bond acceptors (Lipinski definition) is 3. The Kier molecular flexibility index (Phi) is 5.31. The molecule has 0 aliphatic carbocycles. The average molecular weight is 328 g/mol. The maximum atomic E-state index is 12.5. The molecule has 3 nitrogen and oxygen atoms in total. The molecule has 0 saturated carbocycles. The number of methoxy groups -OCH3 is 2. The molecule has 0 spiro atoms. The quantitative estimate of drug-likeness (QED) is 0.822. The summed E-state index contributed by atoms with van der Waals surface area (Å²) in [5.74, 6) is 0.652. The molecule has 1 aromatic rings. The summed E-state index contributed by atoms with van der Waals surface area (Å²) in [5.41, 5.74) is 6.19. The Bertz CT molecular complexity index is 410. The van der Waals surface area contributed by atoms with Gasteiger partial charge in [-0.05, 0) is 0 Å². The van der Waals surface area contributed by atoms with Crippen LogP contribution in [0, 0.1) is 0 Å². The molecular weight excluding hydrogens is 314 g/mol. The second-order valence-corrected chi connectivity index (χ2v) is 5.72. The van der Waals surface area contributed by atoms with Gasteiger partial charge in [0, 0.05) is 0 Å². The molecule has 7 heteroatoms. The van der Waals surface area contributed by atoms with Crippen LogP contribution in [0.2, 0.25) is 0 Å². The third-order valence-electron chi connectivity index (χ3n) is 2.21. The van der Waals surface area contributed by atoms with Crippen molar-refractivity contribution in [3.05, 3.63) is 17.7 Å². The first-order valence-corrected chi connectivity index (χ1v) is 6.83. The predicted molar refractivity (Wildman–Crippen MR) is 63.7 cm³/mol. The fourth-order valence-corrected chi connectivity index (χ4v) is 2.87. The van der Waals surface area contributed by atoms with Gasteiger partial charge in [0.2, 0.25) is 0 Å². The fourth-order valence-electron chi connectivity index (χ4n) is 1.49. The van der Waals surface area contributed by atoms with E-state index in [-0.39, 0.29) is 10.2 Å². The summed E-state index contributed by atoms with van der Waals surface area (Å²) in [5, 5.41) is -4.22. The van der Waals surface area contributed by atoms with Crippen molar-refractivity contribution < 1.29 is 22.6 Å². The van der Waals surface area contributed by atoms with Gasteiger partial charge in [0.1, 0.15) is 0 Å². The Morgan fingerprint density at radius 3 is 2.22 bits per heavy atom. The summed E-state index contributed by atoms with van der Waals surface area (Å²) in [4.78, 5) is 0. The molecule has 1 rings (SSSR count). The summed E-state index contributed by atoms with van der Waals surface area (Å²) in [6.07, 6.45) is 0.527. The summed E-state index contributed by atoms with van der Waals surface area (Å²) in [6, 6.07) is 2.95. The molecule has 0 aromatic heterocycles. The molecule has 102 valence electrons. The third-order valence-corrected chi connectivity index (χ3v) is 3.82. The van der Waals surface area contributed by atoms with Crippen LogP contribution in [-0.2, 0) is 6.42 Å². The molecule has 0 amide bonds. The van der Waals surface area contributed by atoms with E-state index in [1.807, 2.05) is 0 Å². The SMILES string of the molecule is COc1cc([Se]C(F)(F)F)c(OC)cc1CCN. The van der Waals surface area contributed by atoms with E-state index in [0.717, 1.165) is 5.56 Å². The van der Waals surface area contributed by atoms with E-state index in [2.05, 4.69) is 0 Å². The fraction of sp³-hybridized carbons (Fsp3) is 0.455. The molecule has 0 bridgehead atoms. The number of alkyl halides is 3. The van der Waals surface area contributed by atoms with E-state index in [4.69, 9.17) is 15.2 Å². The van der Waals surface area contributed by atoms with Crippen LogP contribution >= 0.6 is 0 Å². The second-order valence-electron chi connectivity index (χ2n) is 3.40. The van der Waals surface area contributed by atoms with Crippen molar-refractivity contribution in [3.63, 3.8) is 0 Å². The first-order valence-electron chi connectivity index (χ1n) is 5.12.